The maximum absolute atomic E-state index is 11.6. The number of alkyl halides is 1. The van der Waals surface area contributed by atoms with Crippen LogP contribution in [0.4, 0.5) is 5.69 Å². The van der Waals surface area contributed by atoms with Crippen molar-refractivity contribution in [1.29, 1.82) is 0 Å². The van der Waals surface area contributed by atoms with E-state index in [1.807, 2.05) is 0 Å². The summed E-state index contributed by atoms with van der Waals surface area (Å²) in [6.07, 6.45) is 0. The Kier molecular flexibility index (Phi) is 4.97. The van der Waals surface area contributed by atoms with Crippen molar-refractivity contribution in [3.63, 3.8) is 0 Å². The van der Waals surface area contributed by atoms with E-state index in [-0.39, 0.29) is 11.8 Å². The standard InChI is InChI=1S/C12H15ClN2O2/c1-3-17-12(16)9-5-4-6-10(8(9)2)15-11(14)7-13/h4-6H,3,7H2,1-2H3,(H2,14,15). The quantitative estimate of drug-likeness (QED) is 0.388. The van der Waals surface area contributed by atoms with Gasteiger partial charge in [0.05, 0.1) is 23.7 Å². The summed E-state index contributed by atoms with van der Waals surface area (Å²) in [5.74, 6) is 0.116. The van der Waals surface area contributed by atoms with Gasteiger partial charge >= 0.3 is 5.97 Å². The number of aliphatic imine (C=N–C) groups is 1. The van der Waals surface area contributed by atoms with E-state index < -0.39 is 0 Å². The smallest absolute Gasteiger partial charge is 0.338 e. The number of carbonyl (C=O) groups excluding carboxylic acids is 1. The number of esters is 1. The largest absolute Gasteiger partial charge is 0.462 e. The molecule has 1 aromatic carbocycles. The van der Waals surface area contributed by atoms with Crippen molar-refractivity contribution in [3.05, 3.63) is 29.3 Å². The number of ether oxygens (including phenoxy) is 1. The Bertz CT molecular complexity index is 444. The molecule has 0 unspecified atom stereocenters. The molecule has 2 N–H and O–H groups in total. The van der Waals surface area contributed by atoms with E-state index in [1.54, 1.807) is 32.0 Å². The Morgan fingerprint density at radius 1 is 1.53 bits per heavy atom. The molecule has 0 aromatic heterocycles. The average molecular weight is 255 g/mol. The molecule has 0 spiro atoms. The highest BCUT2D eigenvalue weighted by atomic mass is 35.5. The summed E-state index contributed by atoms with van der Waals surface area (Å²) in [5.41, 5.74) is 7.42. The first-order chi connectivity index (χ1) is 8.10. The Morgan fingerprint density at radius 3 is 2.82 bits per heavy atom. The highest BCUT2D eigenvalue weighted by Gasteiger charge is 2.12. The van der Waals surface area contributed by atoms with Crippen molar-refractivity contribution in [2.24, 2.45) is 10.7 Å². The fraction of sp³-hybridized carbons (Fsp3) is 0.333. The number of nitrogens with zero attached hydrogens (tertiary/aromatic N) is 1. The number of hydrogen-bond acceptors (Lipinski definition) is 3. The van der Waals surface area contributed by atoms with Gasteiger partial charge in [-0.2, -0.15) is 0 Å². The zero-order valence-corrected chi connectivity index (χ0v) is 10.6. The first kappa shape index (κ1) is 13.5. The van der Waals surface area contributed by atoms with E-state index in [1.165, 1.54) is 0 Å². The maximum Gasteiger partial charge on any atom is 0.338 e. The van der Waals surface area contributed by atoms with Gasteiger partial charge in [0.25, 0.3) is 0 Å². The minimum atomic E-state index is -0.355. The second-order valence-electron chi connectivity index (χ2n) is 3.41. The number of benzene rings is 1. The van der Waals surface area contributed by atoms with Crippen LogP contribution >= 0.6 is 11.6 Å². The Labute approximate surface area is 105 Å². The molecule has 0 aliphatic carbocycles. The van der Waals surface area contributed by atoms with Crippen molar-refractivity contribution in [1.82, 2.24) is 0 Å². The van der Waals surface area contributed by atoms with Crippen molar-refractivity contribution >= 4 is 29.1 Å². The summed E-state index contributed by atoms with van der Waals surface area (Å²) in [6, 6.07) is 5.21. The minimum absolute atomic E-state index is 0.156. The molecule has 5 heteroatoms. The van der Waals surface area contributed by atoms with Gasteiger partial charge in [-0.15, -0.1) is 11.6 Å². The molecule has 0 aliphatic rings. The van der Waals surface area contributed by atoms with E-state index in [4.69, 9.17) is 22.1 Å². The molecule has 0 atom stereocenters. The van der Waals surface area contributed by atoms with Crippen molar-refractivity contribution < 1.29 is 9.53 Å². The van der Waals surface area contributed by atoms with Gasteiger partial charge in [0.1, 0.15) is 5.84 Å². The van der Waals surface area contributed by atoms with Crippen LogP contribution in [0.5, 0.6) is 0 Å². The first-order valence-electron chi connectivity index (χ1n) is 5.25. The van der Waals surface area contributed by atoms with Crippen LogP contribution in [0.15, 0.2) is 23.2 Å². The third kappa shape index (κ3) is 3.46. The van der Waals surface area contributed by atoms with E-state index in [9.17, 15) is 4.79 Å². The summed E-state index contributed by atoms with van der Waals surface area (Å²) < 4.78 is 4.95. The highest BCUT2D eigenvalue weighted by molar-refractivity contribution is 6.28. The number of hydrogen-bond donors (Lipinski definition) is 1. The number of nitrogens with two attached hydrogens (primary N) is 1. The summed E-state index contributed by atoms with van der Waals surface area (Å²) >= 11 is 5.56. The SMILES string of the molecule is CCOC(=O)c1cccc(N=C(N)CCl)c1C. The lowest BCUT2D eigenvalue weighted by Gasteiger charge is -2.07. The minimum Gasteiger partial charge on any atom is -0.462 e. The predicted octanol–water partition coefficient (Wildman–Crippen LogP) is 2.40. The Balaban J connectivity index is 3.11. The molecule has 0 radical (unpaired) electrons. The van der Waals surface area contributed by atoms with Gasteiger partial charge in [-0.05, 0) is 31.5 Å². The van der Waals surface area contributed by atoms with Crippen LogP contribution in [-0.4, -0.2) is 24.3 Å². The van der Waals surface area contributed by atoms with Crippen molar-refractivity contribution in [3.8, 4) is 0 Å². The lowest BCUT2D eigenvalue weighted by Crippen LogP contribution is -2.12. The molecule has 1 aromatic rings. The van der Waals surface area contributed by atoms with Gasteiger partial charge in [0.2, 0.25) is 0 Å². The number of rotatable bonds is 4. The molecule has 0 aliphatic heterocycles. The summed E-state index contributed by atoms with van der Waals surface area (Å²) in [4.78, 5) is 15.8. The monoisotopic (exact) mass is 254 g/mol. The van der Waals surface area contributed by atoms with Crippen LogP contribution in [-0.2, 0) is 4.74 Å². The first-order valence-corrected chi connectivity index (χ1v) is 5.79. The lowest BCUT2D eigenvalue weighted by atomic mass is 10.1. The van der Waals surface area contributed by atoms with E-state index >= 15 is 0 Å². The summed E-state index contributed by atoms with van der Waals surface area (Å²) in [6.45, 7) is 3.91. The molecule has 4 nitrogen and oxygen atoms in total. The third-order valence-corrected chi connectivity index (χ3v) is 2.48. The molecule has 0 amide bonds. The van der Waals surface area contributed by atoms with Crippen LogP contribution < -0.4 is 5.73 Å². The topological polar surface area (TPSA) is 64.7 Å². The lowest BCUT2D eigenvalue weighted by molar-refractivity contribution is 0.0525. The van der Waals surface area contributed by atoms with Gasteiger partial charge in [-0.1, -0.05) is 6.07 Å². The molecule has 0 heterocycles. The summed E-state index contributed by atoms with van der Waals surface area (Å²) in [7, 11) is 0. The molecular weight excluding hydrogens is 240 g/mol. The molecule has 0 saturated heterocycles. The Morgan fingerprint density at radius 2 is 2.24 bits per heavy atom. The number of halogens is 1. The molecule has 0 saturated carbocycles. The van der Waals surface area contributed by atoms with Crippen LogP contribution in [0.2, 0.25) is 0 Å². The van der Waals surface area contributed by atoms with Gasteiger partial charge in [-0.25, -0.2) is 9.79 Å². The maximum atomic E-state index is 11.6. The number of carbonyl (C=O) groups is 1. The highest BCUT2D eigenvalue weighted by Crippen LogP contribution is 2.22. The molecule has 92 valence electrons. The second-order valence-corrected chi connectivity index (χ2v) is 3.67. The van der Waals surface area contributed by atoms with Crippen molar-refractivity contribution in [2.45, 2.75) is 13.8 Å². The average Bonchev–Trinajstić information content (AvgIpc) is 2.32. The van der Waals surface area contributed by atoms with E-state index in [2.05, 4.69) is 4.99 Å². The van der Waals surface area contributed by atoms with Gasteiger partial charge in [0.15, 0.2) is 0 Å². The zero-order chi connectivity index (χ0) is 12.8. The van der Waals surface area contributed by atoms with Gasteiger partial charge in [0, 0.05) is 0 Å². The molecular formula is C12H15ClN2O2. The van der Waals surface area contributed by atoms with Crippen LogP contribution in [0.3, 0.4) is 0 Å². The zero-order valence-electron chi connectivity index (χ0n) is 9.87. The van der Waals surface area contributed by atoms with E-state index in [0.29, 0.717) is 23.7 Å². The van der Waals surface area contributed by atoms with E-state index in [0.717, 1.165) is 5.56 Å². The number of amidine groups is 1. The Hall–Kier alpha value is -1.55. The molecule has 0 fully saturated rings. The van der Waals surface area contributed by atoms with Gasteiger partial charge in [-0.3, -0.25) is 0 Å². The normalized spacial score (nSPS) is 11.4. The molecule has 17 heavy (non-hydrogen) atoms. The van der Waals surface area contributed by atoms with Crippen molar-refractivity contribution in [2.75, 3.05) is 12.5 Å². The predicted molar refractivity (Wildman–Crippen MR) is 69.1 cm³/mol. The second kappa shape index (κ2) is 6.25. The molecule has 1 rings (SSSR count). The van der Waals surface area contributed by atoms with Gasteiger partial charge < -0.3 is 10.5 Å². The third-order valence-electron chi connectivity index (χ3n) is 2.20. The van der Waals surface area contributed by atoms with Crippen LogP contribution in [0.1, 0.15) is 22.8 Å². The molecule has 0 bridgehead atoms. The van der Waals surface area contributed by atoms with Crippen LogP contribution in [0, 0.1) is 6.92 Å². The van der Waals surface area contributed by atoms with Crippen LogP contribution in [0.25, 0.3) is 0 Å². The fourth-order valence-corrected chi connectivity index (χ4v) is 1.42. The summed E-state index contributed by atoms with van der Waals surface area (Å²) in [5, 5.41) is 0. The fourth-order valence-electron chi connectivity index (χ4n) is 1.36.